The van der Waals surface area contributed by atoms with Crippen LogP contribution in [0.5, 0.6) is 0 Å². The maximum Gasteiger partial charge on any atom is 0.255 e. The van der Waals surface area contributed by atoms with Gasteiger partial charge < -0.3 is 5.32 Å². The Morgan fingerprint density at radius 2 is 1.61 bits per heavy atom. The van der Waals surface area contributed by atoms with Crippen molar-refractivity contribution in [2.45, 2.75) is 52.9 Å². The molecule has 4 rings (SSSR count). The number of imide groups is 1. The van der Waals surface area contributed by atoms with Crippen molar-refractivity contribution in [3.63, 3.8) is 0 Å². The first-order valence-corrected chi connectivity index (χ1v) is 11.3. The predicted octanol–water partition coefficient (Wildman–Crippen LogP) is 4.99. The van der Waals surface area contributed by atoms with Crippen molar-refractivity contribution in [1.82, 2.24) is 0 Å². The summed E-state index contributed by atoms with van der Waals surface area (Å²) in [7, 11) is 0. The molecule has 0 spiro atoms. The second kappa shape index (κ2) is 8.66. The van der Waals surface area contributed by atoms with Gasteiger partial charge in [-0.05, 0) is 67.3 Å². The molecule has 0 aromatic heterocycles. The lowest BCUT2D eigenvalue weighted by atomic mass is 9.76. The zero-order valence-electron chi connectivity index (χ0n) is 18.5. The highest BCUT2D eigenvalue weighted by Gasteiger charge is 2.50. The average Bonchev–Trinajstić information content (AvgIpc) is 3.03. The molecule has 31 heavy (non-hydrogen) atoms. The molecule has 5 nitrogen and oxygen atoms in total. The van der Waals surface area contributed by atoms with Gasteiger partial charge in [-0.1, -0.05) is 45.0 Å². The van der Waals surface area contributed by atoms with Gasteiger partial charge in [0, 0.05) is 11.3 Å². The van der Waals surface area contributed by atoms with Crippen LogP contribution in [0.1, 0.15) is 61.5 Å². The molecule has 0 unspecified atom stereocenters. The van der Waals surface area contributed by atoms with Crippen molar-refractivity contribution in [1.29, 1.82) is 0 Å². The maximum atomic E-state index is 13.1. The van der Waals surface area contributed by atoms with Crippen LogP contribution in [0.15, 0.2) is 42.5 Å². The van der Waals surface area contributed by atoms with Crippen LogP contribution in [0.25, 0.3) is 0 Å². The molecule has 3 amide bonds. The third kappa shape index (κ3) is 3.89. The van der Waals surface area contributed by atoms with E-state index in [1.54, 1.807) is 24.3 Å². The number of rotatable bonds is 5. The number of nitrogens with zero attached hydrogens (tertiary/aromatic N) is 1. The van der Waals surface area contributed by atoms with Crippen molar-refractivity contribution in [3.8, 4) is 0 Å². The van der Waals surface area contributed by atoms with Gasteiger partial charge in [-0.2, -0.15) is 0 Å². The second-order valence-electron chi connectivity index (χ2n) is 8.81. The standard InChI is InChI=1S/C26H30N2O3/c1-4-17-8-6-9-18(5-2)23(17)27-24(29)19-10-7-11-20(15-19)28-25(30)21-13-12-16(3)14-22(21)26(28)31/h6-11,15-16,21-22H,4-5,12-14H2,1-3H3,(H,27,29)/t16-,21+,22+/m0/s1. The number of fused-ring (bicyclic) bond motifs is 1. The quantitative estimate of drug-likeness (QED) is 0.696. The lowest BCUT2D eigenvalue weighted by Gasteiger charge is -2.25. The first kappa shape index (κ1) is 21.3. The topological polar surface area (TPSA) is 66.5 Å². The number of benzene rings is 2. The van der Waals surface area contributed by atoms with Crippen molar-refractivity contribution >= 4 is 29.1 Å². The summed E-state index contributed by atoms with van der Waals surface area (Å²) in [6.07, 6.45) is 4.15. The van der Waals surface area contributed by atoms with Gasteiger partial charge in [0.1, 0.15) is 0 Å². The average molecular weight is 419 g/mol. The Bertz CT molecular complexity index is 1010. The number of nitrogens with one attached hydrogen (secondary N) is 1. The molecular formula is C26H30N2O3. The van der Waals surface area contributed by atoms with Crippen LogP contribution in [0.2, 0.25) is 0 Å². The van der Waals surface area contributed by atoms with E-state index in [-0.39, 0.29) is 29.6 Å². The Kier molecular flexibility index (Phi) is 5.94. The van der Waals surface area contributed by atoms with Gasteiger partial charge in [0.15, 0.2) is 0 Å². The zero-order valence-corrected chi connectivity index (χ0v) is 18.5. The Balaban J connectivity index is 1.60. The summed E-state index contributed by atoms with van der Waals surface area (Å²) in [5.74, 6) is -0.459. The Morgan fingerprint density at radius 1 is 0.968 bits per heavy atom. The van der Waals surface area contributed by atoms with E-state index in [0.29, 0.717) is 17.2 Å². The van der Waals surface area contributed by atoms with Crippen LogP contribution in [-0.2, 0) is 22.4 Å². The molecule has 1 N–H and O–H groups in total. The third-order valence-electron chi connectivity index (χ3n) is 6.79. The highest BCUT2D eigenvalue weighted by atomic mass is 16.2. The van der Waals surface area contributed by atoms with Crippen molar-refractivity contribution < 1.29 is 14.4 Å². The molecule has 3 atom stereocenters. The molecule has 2 fully saturated rings. The maximum absolute atomic E-state index is 13.1. The summed E-state index contributed by atoms with van der Waals surface area (Å²) in [6.45, 7) is 6.27. The number of aryl methyl sites for hydroxylation is 2. The highest BCUT2D eigenvalue weighted by molar-refractivity contribution is 6.22. The molecule has 1 heterocycles. The minimum atomic E-state index is -0.234. The number of carbonyl (C=O) groups is 3. The van der Waals surface area contributed by atoms with Crippen molar-refractivity contribution in [2.24, 2.45) is 17.8 Å². The van der Waals surface area contributed by atoms with Gasteiger partial charge in [-0.25, -0.2) is 0 Å². The fraction of sp³-hybridized carbons (Fsp3) is 0.423. The van der Waals surface area contributed by atoms with Gasteiger partial charge in [-0.3, -0.25) is 19.3 Å². The highest BCUT2D eigenvalue weighted by Crippen LogP contribution is 2.42. The molecule has 2 aromatic carbocycles. The fourth-order valence-corrected chi connectivity index (χ4v) is 5.02. The van der Waals surface area contributed by atoms with Crippen LogP contribution in [0.4, 0.5) is 11.4 Å². The molecular weight excluding hydrogens is 388 g/mol. The third-order valence-corrected chi connectivity index (χ3v) is 6.79. The summed E-state index contributed by atoms with van der Waals surface area (Å²) in [5.41, 5.74) is 3.97. The van der Waals surface area contributed by atoms with Gasteiger partial charge in [0.05, 0.1) is 17.5 Å². The zero-order chi connectivity index (χ0) is 22.1. The number of anilines is 2. The van der Waals surface area contributed by atoms with Crippen LogP contribution in [0.3, 0.4) is 0 Å². The van der Waals surface area contributed by atoms with E-state index in [9.17, 15) is 14.4 Å². The number of hydrogen-bond donors (Lipinski definition) is 1. The summed E-state index contributed by atoms with van der Waals surface area (Å²) < 4.78 is 0. The SMILES string of the molecule is CCc1cccc(CC)c1NC(=O)c1cccc(N2C(=O)[C@@H]3CC[C@H](C)C[C@H]3C2=O)c1. The number of amides is 3. The van der Waals surface area contributed by atoms with Gasteiger partial charge in [0.25, 0.3) is 5.91 Å². The summed E-state index contributed by atoms with van der Waals surface area (Å²) in [4.78, 5) is 40.4. The van der Waals surface area contributed by atoms with Gasteiger partial charge in [-0.15, -0.1) is 0 Å². The van der Waals surface area contributed by atoms with Crippen LogP contribution < -0.4 is 10.2 Å². The van der Waals surface area contributed by atoms with E-state index in [1.807, 2.05) is 18.2 Å². The fourth-order valence-electron chi connectivity index (χ4n) is 5.02. The Morgan fingerprint density at radius 3 is 2.29 bits per heavy atom. The Hall–Kier alpha value is -2.95. The first-order chi connectivity index (χ1) is 14.9. The smallest absolute Gasteiger partial charge is 0.255 e. The van der Waals surface area contributed by atoms with Crippen LogP contribution in [0, 0.1) is 17.8 Å². The summed E-state index contributed by atoms with van der Waals surface area (Å²) in [5, 5.41) is 3.07. The van der Waals surface area contributed by atoms with Crippen LogP contribution in [-0.4, -0.2) is 17.7 Å². The minimum Gasteiger partial charge on any atom is -0.321 e. The molecule has 1 saturated heterocycles. The van der Waals surface area contributed by atoms with E-state index in [4.69, 9.17) is 0 Å². The predicted molar refractivity (Wildman–Crippen MR) is 122 cm³/mol. The number of carbonyl (C=O) groups excluding carboxylic acids is 3. The molecule has 1 saturated carbocycles. The summed E-state index contributed by atoms with van der Waals surface area (Å²) in [6, 6.07) is 12.9. The monoisotopic (exact) mass is 418 g/mol. The van der Waals surface area contributed by atoms with Gasteiger partial charge >= 0.3 is 0 Å². The minimum absolute atomic E-state index is 0.121. The van der Waals surface area contributed by atoms with Crippen LogP contribution >= 0.6 is 0 Å². The molecule has 162 valence electrons. The van der Waals surface area contributed by atoms with E-state index in [0.717, 1.165) is 48.9 Å². The molecule has 1 aliphatic heterocycles. The lowest BCUT2D eigenvalue weighted by Crippen LogP contribution is -2.31. The molecule has 0 bridgehead atoms. The molecule has 2 aliphatic rings. The van der Waals surface area contributed by atoms with E-state index in [1.165, 1.54) is 4.90 Å². The molecule has 2 aromatic rings. The van der Waals surface area contributed by atoms with Crippen molar-refractivity contribution in [3.05, 3.63) is 59.2 Å². The van der Waals surface area contributed by atoms with E-state index < -0.39 is 0 Å². The van der Waals surface area contributed by atoms with Crippen molar-refractivity contribution in [2.75, 3.05) is 10.2 Å². The van der Waals surface area contributed by atoms with E-state index in [2.05, 4.69) is 26.1 Å². The summed E-state index contributed by atoms with van der Waals surface area (Å²) >= 11 is 0. The number of para-hydroxylation sites is 1. The number of hydrogen-bond acceptors (Lipinski definition) is 3. The first-order valence-electron chi connectivity index (χ1n) is 11.3. The molecule has 5 heteroatoms. The lowest BCUT2D eigenvalue weighted by molar-refractivity contribution is -0.122. The molecule has 1 aliphatic carbocycles. The largest absolute Gasteiger partial charge is 0.321 e. The second-order valence-corrected chi connectivity index (χ2v) is 8.81. The molecule has 0 radical (unpaired) electrons. The normalized spacial score (nSPS) is 23.1. The van der Waals surface area contributed by atoms with E-state index >= 15 is 0 Å². The van der Waals surface area contributed by atoms with Gasteiger partial charge in [0.2, 0.25) is 11.8 Å². The Labute approximate surface area is 183 Å².